The number of aromatic nitrogens is 4. The first kappa shape index (κ1) is 19.5. The second kappa shape index (κ2) is 8.25. The molecular formula is C22H21N5O3. The molecule has 1 aromatic carbocycles. The molecule has 30 heavy (non-hydrogen) atoms. The molecule has 2 heterocycles. The molecule has 1 fully saturated rings. The number of carbonyl (C=O) groups excluding carboxylic acids is 1. The molecule has 0 saturated heterocycles. The standard InChI is InChI=1S/C22H21N5O3/c1-4-21(28)25-15-9-16(10-15)27-22-19(12-23-13-24-22)20(26-27)6-5-14-7-17(29-2)11-18(8-14)30-3/h4,7-8,11-13,15-16H,1,9-10H2,2-3H3,(H,25,28). The van der Waals surface area contributed by atoms with Gasteiger partial charge in [-0.1, -0.05) is 12.5 Å². The number of ether oxygens (including phenoxy) is 2. The third kappa shape index (κ3) is 3.82. The van der Waals surface area contributed by atoms with Crippen molar-refractivity contribution in [2.75, 3.05) is 14.2 Å². The van der Waals surface area contributed by atoms with Crippen molar-refractivity contribution in [1.29, 1.82) is 0 Å². The molecule has 1 aliphatic rings. The van der Waals surface area contributed by atoms with Crippen LogP contribution >= 0.6 is 0 Å². The van der Waals surface area contributed by atoms with Gasteiger partial charge in [-0.3, -0.25) is 4.79 Å². The summed E-state index contributed by atoms with van der Waals surface area (Å²) in [6, 6.07) is 5.72. The number of benzene rings is 1. The Morgan fingerprint density at radius 2 is 1.97 bits per heavy atom. The van der Waals surface area contributed by atoms with Gasteiger partial charge in [0.05, 0.1) is 25.6 Å². The zero-order chi connectivity index (χ0) is 21.1. The average molecular weight is 403 g/mol. The van der Waals surface area contributed by atoms with Crippen LogP contribution < -0.4 is 14.8 Å². The van der Waals surface area contributed by atoms with Crippen LogP contribution in [0.2, 0.25) is 0 Å². The normalized spacial score (nSPS) is 17.4. The number of amides is 1. The molecule has 3 aromatic rings. The predicted octanol–water partition coefficient (Wildman–Crippen LogP) is 2.25. The first-order chi connectivity index (χ1) is 14.6. The molecule has 8 nitrogen and oxygen atoms in total. The van der Waals surface area contributed by atoms with E-state index in [0.717, 1.165) is 29.4 Å². The van der Waals surface area contributed by atoms with Crippen LogP contribution in [0, 0.1) is 11.8 Å². The minimum atomic E-state index is -0.161. The molecule has 0 bridgehead atoms. The van der Waals surface area contributed by atoms with Crippen LogP contribution in [0.5, 0.6) is 11.5 Å². The molecule has 0 radical (unpaired) electrons. The Balaban J connectivity index is 1.62. The van der Waals surface area contributed by atoms with Crippen molar-refractivity contribution in [3.05, 3.63) is 54.6 Å². The lowest BCUT2D eigenvalue weighted by Crippen LogP contribution is -2.44. The maximum absolute atomic E-state index is 11.5. The molecule has 2 aromatic heterocycles. The number of carbonyl (C=O) groups is 1. The molecule has 0 atom stereocenters. The van der Waals surface area contributed by atoms with E-state index >= 15 is 0 Å². The molecule has 1 amide bonds. The highest BCUT2D eigenvalue weighted by Crippen LogP contribution is 2.34. The highest BCUT2D eigenvalue weighted by atomic mass is 16.5. The average Bonchev–Trinajstić information content (AvgIpc) is 3.12. The number of nitrogens with zero attached hydrogens (tertiary/aromatic N) is 4. The van der Waals surface area contributed by atoms with Crippen molar-refractivity contribution in [3.63, 3.8) is 0 Å². The zero-order valence-electron chi connectivity index (χ0n) is 16.8. The Bertz CT molecular complexity index is 1150. The maximum atomic E-state index is 11.5. The van der Waals surface area contributed by atoms with E-state index in [1.165, 1.54) is 12.4 Å². The van der Waals surface area contributed by atoms with Gasteiger partial charge in [-0.05, 0) is 37.0 Å². The Morgan fingerprint density at radius 1 is 1.23 bits per heavy atom. The van der Waals surface area contributed by atoms with E-state index in [9.17, 15) is 4.79 Å². The first-order valence-corrected chi connectivity index (χ1v) is 9.47. The van der Waals surface area contributed by atoms with Gasteiger partial charge in [0.2, 0.25) is 5.91 Å². The topological polar surface area (TPSA) is 91.2 Å². The van der Waals surface area contributed by atoms with Gasteiger partial charge in [0.1, 0.15) is 23.5 Å². The van der Waals surface area contributed by atoms with Crippen LogP contribution in [0.15, 0.2) is 43.4 Å². The summed E-state index contributed by atoms with van der Waals surface area (Å²) in [5, 5.41) is 8.39. The lowest BCUT2D eigenvalue weighted by molar-refractivity contribution is -0.117. The van der Waals surface area contributed by atoms with Gasteiger partial charge in [0.15, 0.2) is 5.65 Å². The minimum absolute atomic E-state index is 0.111. The Kier molecular flexibility index (Phi) is 5.35. The SMILES string of the molecule is C=CC(=O)NC1CC(n2nc(C#Cc3cc(OC)cc(OC)c3)c3cncnc32)C1. The van der Waals surface area contributed by atoms with Crippen LogP contribution in [0.25, 0.3) is 11.0 Å². The molecule has 8 heteroatoms. The molecule has 0 aliphatic heterocycles. The molecule has 1 aliphatic carbocycles. The molecule has 0 spiro atoms. The molecule has 4 rings (SSSR count). The van der Waals surface area contributed by atoms with E-state index in [2.05, 4.69) is 33.7 Å². The molecule has 1 N–H and O–H groups in total. The summed E-state index contributed by atoms with van der Waals surface area (Å²) >= 11 is 0. The van der Waals surface area contributed by atoms with Gasteiger partial charge in [-0.25, -0.2) is 14.6 Å². The van der Waals surface area contributed by atoms with E-state index in [0.29, 0.717) is 17.2 Å². The summed E-state index contributed by atoms with van der Waals surface area (Å²) in [6.45, 7) is 3.48. The maximum Gasteiger partial charge on any atom is 0.243 e. The Morgan fingerprint density at radius 3 is 2.63 bits per heavy atom. The lowest BCUT2D eigenvalue weighted by Gasteiger charge is -2.35. The van der Waals surface area contributed by atoms with Crippen molar-refractivity contribution in [2.24, 2.45) is 0 Å². The summed E-state index contributed by atoms with van der Waals surface area (Å²) < 4.78 is 12.5. The second-order valence-electron chi connectivity index (χ2n) is 6.94. The van der Waals surface area contributed by atoms with E-state index in [1.807, 2.05) is 16.8 Å². The van der Waals surface area contributed by atoms with Gasteiger partial charge in [0.25, 0.3) is 0 Å². The fourth-order valence-electron chi connectivity index (χ4n) is 3.41. The molecular weight excluding hydrogens is 382 g/mol. The molecule has 1 saturated carbocycles. The van der Waals surface area contributed by atoms with Crippen molar-refractivity contribution in [2.45, 2.75) is 24.9 Å². The Labute approximate surface area is 173 Å². The second-order valence-corrected chi connectivity index (χ2v) is 6.94. The van der Waals surface area contributed by atoms with Crippen molar-refractivity contribution < 1.29 is 14.3 Å². The quantitative estimate of drug-likeness (QED) is 0.519. The van der Waals surface area contributed by atoms with Crippen LogP contribution in [-0.2, 0) is 4.79 Å². The monoisotopic (exact) mass is 403 g/mol. The summed E-state index contributed by atoms with van der Waals surface area (Å²) in [5.41, 5.74) is 2.09. The third-order valence-corrected chi connectivity index (χ3v) is 5.04. The summed E-state index contributed by atoms with van der Waals surface area (Å²) in [4.78, 5) is 20.0. The van der Waals surface area contributed by atoms with E-state index in [1.54, 1.807) is 26.5 Å². The highest BCUT2D eigenvalue weighted by molar-refractivity contribution is 5.87. The number of fused-ring (bicyclic) bond motifs is 1. The third-order valence-electron chi connectivity index (χ3n) is 5.04. The fourth-order valence-corrected chi connectivity index (χ4v) is 3.41. The number of rotatable bonds is 5. The van der Waals surface area contributed by atoms with Gasteiger partial charge in [-0.15, -0.1) is 0 Å². The summed E-state index contributed by atoms with van der Waals surface area (Å²) in [7, 11) is 3.20. The Hall–Kier alpha value is -3.86. The van der Waals surface area contributed by atoms with Crippen molar-refractivity contribution >= 4 is 16.9 Å². The first-order valence-electron chi connectivity index (χ1n) is 9.47. The van der Waals surface area contributed by atoms with Crippen molar-refractivity contribution in [1.82, 2.24) is 25.1 Å². The van der Waals surface area contributed by atoms with Crippen LogP contribution in [0.1, 0.15) is 30.1 Å². The summed E-state index contributed by atoms with van der Waals surface area (Å²) in [5.74, 6) is 7.42. The number of methoxy groups -OCH3 is 2. The van der Waals surface area contributed by atoms with E-state index in [-0.39, 0.29) is 18.0 Å². The predicted molar refractivity (Wildman–Crippen MR) is 111 cm³/mol. The fraction of sp³-hybridized carbons (Fsp3) is 0.273. The smallest absolute Gasteiger partial charge is 0.243 e. The lowest BCUT2D eigenvalue weighted by atomic mass is 9.87. The molecule has 0 unspecified atom stereocenters. The van der Waals surface area contributed by atoms with E-state index < -0.39 is 0 Å². The van der Waals surface area contributed by atoms with Gasteiger partial charge < -0.3 is 14.8 Å². The molecule has 152 valence electrons. The van der Waals surface area contributed by atoms with Crippen LogP contribution in [0.3, 0.4) is 0 Å². The number of hydrogen-bond donors (Lipinski definition) is 1. The van der Waals surface area contributed by atoms with E-state index in [4.69, 9.17) is 14.6 Å². The van der Waals surface area contributed by atoms with Crippen LogP contribution in [-0.4, -0.2) is 45.9 Å². The van der Waals surface area contributed by atoms with Crippen molar-refractivity contribution in [3.8, 4) is 23.3 Å². The minimum Gasteiger partial charge on any atom is -0.497 e. The van der Waals surface area contributed by atoms with Gasteiger partial charge in [0, 0.05) is 23.9 Å². The van der Waals surface area contributed by atoms with Crippen LogP contribution in [0.4, 0.5) is 0 Å². The summed E-state index contributed by atoms with van der Waals surface area (Å²) in [6.07, 6.45) is 6.06. The number of hydrogen-bond acceptors (Lipinski definition) is 6. The van der Waals surface area contributed by atoms with Gasteiger partial charge >= 0.3 is 0 Å². The zero-order valence-corrected chi connectivity index (χ0v) is 16.8. The number of nitrogens with one attached hydrogen (secondary N) is 1. The highest BCUT2D eigenvalue weighted by Gasteiger charge is 2.33. The largest absolute Gasteiger partial charge is 0.497 e. The van der Waals surface area contributed by atoms with Gasteiger partial charge in [-0.2, -0.15) is 5.10 Å².